The second-order valence-electron chi connectivity index (χ2n) is 5.35. The number of aliphatic hydroxyl groups excluding tert-OH is 1. The Bertz CT molecular complexity index is 829. The molecule has 0 aliphatic rings. The lowest BCUT2D eigenvalue weighted by atomic mass is 10.1. The van der Waals surface area contributed by atoms with E-state index in [1.165, 1.54) is 0 Å². The molecule has 0 unspecified atom stereocenters. The number of pyridine rings is 1. The number of benzene rings is 1. The standard InChI is InChI=1S/C18H19N3O3/c22-8-9-24-16-6-2-1-4-13(16)11-20-17(23)10-14-12-21-18-15(14)5-3-7-19-18/h1-7,12,22H,8-11H2,(H,19,21)(H,20,23). The maximum atomic E-state index is 12.2. The topological polar surface area (TPSA) is 87.2 Å². The van der Waals surface area contributed by atoms with E-state index < -0.39 is 0 Å². The predicted octanol–water partition coefficient (Wildman–Crippen LogP) is 1.79. The van der Waals surface area contributed by atoms with Crippen LogP contribution in [0.2, 0.25) is 0 Å². The fraction of sp³-hybridized carbons (Fsp3) is 0.222. The molecule has 6 nitrogen and oxygen atoms in total. The van der Waals surface area contributed by atoms with Crippen molar-refractivity contribution in [1.29, 1.82) is 0 Å². The van der Waals surface area contributed by atoms with E-state index in [0.717, 1.165) is 22.2 Å². The van der Waals surface area contributed by atoms with Gasteiger partial charge in [0.2, 0.25) is 5.91 Å². The van der Waals surface area contributed by atoms with Gasteiger partial charge in [0.15, 0.2) is 0 Å². The third kappa shape index (κ3) is 3.72. The van der Waals surface area contributed by atoms with Crippen molar-refractivity contribution in [2.45, 2.75) is 13.0 Å². The third-order valence-corrected chi connectivity index (χ3v) is 3.69. The number of para-hydroxylation sites is 1. The van der Waals surface area contributed by atoms with Crippen molar-refractivity contribution in [3.8, 4) is 5.75 Å². The summed E-state index contributed by atoms with van der Waals surface area (Å²) in [4.78, 5) is 19.5. The van der Waals surface area contributed by atoms with Gasteiger partial charge in [0.1, 0.15) is 18.0 Å². The van der Waals surface area contributed by atoms with Crippen LogP contribution in [0.3, 0.4) is 0 Å². The number of rotatable bonds is 7. The second-order valence-corrected chi connectivity index (χ2v) is 5.35. The van der Waals surface area contributed by atoms with E-state index >= 15 is 0 Å². The number of aromatic nitrogens is 2. The zero-order chi connectivity index (χ0) is 16.8. The molecule has 0 aliphatic carbocycles. The highest BCUT2D eigenvalue weighted by atomic mass is 16.5. The molecule has 0 spiro atoms. The number of fused-ring (bicyclic) bond motifs is 1. The minimum atomic E-state index is -0.0725. The van der Waals surface area contributed by atoms with Crippen LogP contribution in [0.4, 0.5) is 0 Å². The number of carbonyl (C=O) groups is 1. The van der Waals surface area contributed by atoms with Crippen LogP contribution in [0.25, 0.3) is 11.0 Å². The molecule has 0 fully saturated rings. The summed E-state index contributed by atoms with van der Waals surface area (Å²) in [5.41, 5.74) is 2.57. The zero-order valence-electron chi connectivity index (χ0n) is 13.2. The Balaban J connectivity index is 1.62. The van der Waals surface area contributed by atoms with Gasteiger partial charge in [-0.3, -0.25) is 4.79 Å². The quantitative estimate of drug-likeness (QED) is 0.618. The van der Waals surface area contributed by atoms with Crippen molar-refractivity contribution in [2.75, 3.05) is 13.2 Å². The SMILES string of the molecule is O=C(Cc1c[nH]c2ncccc12)NCc1ccccc1OCCO. The van der Waals surface area contributed by atoms with Crippen molar-refractivity contribution >= 4 is 16.9 Å². The molecule has 3 N–H and O–H groups in total. The van der Waals surface area contributed by atoms with Crippen LogP contribution in [0.5, 0.6) is 5.75 Å². The molecule has 0 atom stereocenters. The lowest BCUT2D eigenvalue weighted by molar-refractivity contribution is -0.120. The average molecular weight is 325 g/mol. The maximum absolute atomic E-state index is 12.2. The van der Waals surface area contributed by atoms with E-state index in [1.807, 2.05) is 42.6 Å². The molecule has 3 rings (SSSR count). The van der Waals surface area contributed by atoms with Gasteiger partial charge in [-0.2, -0.15) is 0 Å². The summed E-state index contributed by atoms with van der Waals surface area (Å²) in [6, 6.07) is 11.3. The van der Waals surface area contributed by atoms with Crippen molar-refractivity contribution in [3.05, 3.63) is 59.9 Å². The average Bonchev–Trinajstić information content (AvgIpc) is 3.02. The second kappa shape index (κ2) is 7.61. The van der Waals surface area contributed by atoms with E-state index in [1.54, 1.807) is 6.20 Å². The molecule has 1 amide bonds. The summed E-state index contributed by atoms with van der Waals surface area (Å²) in [6.45, 7) is 0.559. The minimum Gasteiger partial charge on any atom is -0.491 e. The van der Waals surface area contributed by atoms with Gasteiger partial charge in [0, 0.05) is 29.9 Å². The summed E-state index contributed by atoms with van der Waals surface area (Å²) in [7, 11) is 0. The van der Waals surface area contributed by atoms with E-state index in [9.17, 15) is 4.79 Å². The summed E-state index contributed by atoms with van der Waals surface area (Å²) in [6.07, 6.45) is 3.81. The Morgan fingerprint density at radius 1 is 1.21 bits per heavy atom. The maximum Gasteiger partial charge on any atom is 0.224 e. The smallest absolute Gasteiger partial charge is 0.224 e. The molecule has 0 saturated carbocycles. The number of ether oxygens (including phenoxy) is 1. The van der Waals surface area contributed by atoms with Crippen LogP contribution in [-0.2, 0) is 17.8 Å². The fourth-order valence-corrected chi connectivity index (χ4v) is 2.53. The molecule has 2 heterocycles. The predicted molar refractivity (Wildman–Crippen MR) is 90.7 cm³/mol. The van der Waals surface area contributed by atoms with Crippen molar-refractivity contribution in [2.24, 2.45) is 0 Å². The summed E-state index contributed by atoms with van der Waals surface area (Å²) >= 11 is 0. The van der Waals surface area contributed by atoms with Gasteiger partial charge in [0.25, 0.3) is 0 Å². The summed E-state index contributed by atoms with van der Waals surface area (Å²) in [5, 5.41) is 12.7. The molecule has 1 aromatic carbocycles. The van der Waals surface area contributed by atoms with Gasteiger partial charge < -0.3 is 20.1 Å². The molecular formula is C18H19N3O3. The Morgan fingerprint density at radius 2 is 2.08 bits per heavy atom. The Morgan fingerprint density at radius 3 is 2.96 bits per heavy atom. The summed E-state index contributed by atoms with van der Waals surface area (Å²) < 4.78 is 5.47. The molecule has 2 aromatic heterocycles. The number of hydrogen-bond acceptors (Lipinski definition) is 4. The van der Waals surface area contributed by atoms with Crippen LogP contribution in [0.15, 0.2) is 48.8 Å². The Hall–Kier alpha value is -2.86. The number of aliphatic hydroxyl groups is 1. The first-order chi connectivity index (χ1) is 11.8. The molecule has 0 bridgehead atoms. The first-order valence-electron chi connectivity index (χ1n) is 7.77. The molecule has 24 heavy (non-hydrogen) atoms. The largest absolute Gasteiger partial charge is 0.491 e. The van der Waals surface area contributed by atoms with E-state index in [2.05, 4.69) is 15.3 Å². The molecule has 6 heteroatoms. The van der Waals surface area contributed by atoms with Crippen molar-refractivity contribution in [1.82, 2.24) is 15.3 Å². The number of aromatic amines is 1. The lowest BCUT2D eigenvalue weighted by Gasteiger charge is -2.11. The van der Waals surface area contributed by atoms with Gasteiger partial charge in [-0.25, -0.2) is 4.98 Å². The highest BCUT2D eigenvalue weighted by molar-refractivity contribution is 5.87. The van der Waals surface area contributed by atoms with Gasteiger partial charge in [-0.05, 0) is 23.8 Å². The van der Waals surface area contributed by atoms with Crippen LogP contribution < -0.4 is 10.1 Å². The van der Waals surface area contributed by atoms with Gasteiger partial charge in [0.05, 0.1) is 13.0 Å². The van der Waals surface area contributed by atoms with Gasteiger partial charge in [-0.15, -0.1) is 0 Å². The van der Waals surface area contributed by atoms with Crippen LogP contribution in [0.1, 0.15) is 11.1 Å². The normalized spacial score (nSPS) is 10.7. The zero-order valence-corrected chi connectivity index (χ0v) is 13.2. The molecule has 124 valence electrons. The van der Waals surface area contributed by atoms with Crippen LogP contribution in [-0.4, -0.2) is 34.2 Å². The van der Waals surface area contributed by atoms with E-state index in [0.29, 0.717) is 12.3 Å². The number of nitrogens with zero attached hydrogens (tertiary/aromatic N) is 1. The highest BCUT2D eigenvalue weighted by Crippen LogP contribution is 2.18. The first kappa shape index (κ1) is 16.0. The highest BCUT2D eigenvalue weighted by Gasteiger charge is 2.10. The van der Waals surface area contributed by atoms with Crippen molar-refractivity contribution < 1.29 is 14.6 Å². The molecular weight excluding hydrogens is 306 g/mol. The number of hydrogen-bond donors (Lipinski definition) is 3. The van der Waals surface area contributed by atoms with E-state index in [4.69, 9.17) is 9.84 Å². The molecule has 0 aliphatic heterocycles. The number of H-pyrrole nitrogens is 1. The minimum absolute atomic E-state index is 0.0463. The van der Waals surface area contributed by atoms with Gasteiger partial charge >= 0.3 is 0 Å². The van der Waals surface area contributed by atoms with Crippen molar-refractivity contribution in [3.63, 3.8) is 0 Å². The number of carbonyl (C=O) groups excluding carboxylic acids is 1. The third-order valence-electron chi connectivity index (χ3n) is 3.69. The van der Waals surface area contributed by atoms with Crippen LogP contribution in [0, 0.1) is 0 Å². The first-order valence-corrected chi connectivity index (χ1v) is 7.77. The number of amides is 1. The number of nitrogens with one attached hydrogen (secondary N) is 2. The van der Waals surface area contributed by atoms with Crippen LogP contribution >= 0.6 is 0 Å². The molecule has 0 saturated heterocycles. The lowest BCUT2D eigenvalue weighted by Crippen LogP contribution is -2.24. The van der Waals surface area contributed by atoms with E-state index in [-0.39, 0.29) is 25.5 Å². The fourth-order valence-electron chi connectivity index (χ4n) is 2.53. The molecule has 0 radical (unpaired) electrons. The molecule has 3 aromatic rings. The monoisotopic (exact) mass is 325 g/mol. The summed E-state index contributed by atoms with van der Waals surface area (Å²) in [5.74, 6) is 0.597. The Kier molecular flexibility index (Phi) is 5.08. The van der Waals surface area contributed by atoms with Gasteiger partial charge in [-0.1, -0.05) is 18.2 Å². The Labute approximate surface area is 139 Å².